The molecule has 0 unspecified atom stereocenters. The van der Waals surface area contributed by atoms with Crippen molar-refractivity contribution in [2.24, 2.45) is 13.0 Å². The van der Waals surface area contributed by atoms with E-state index in [2.05, 4.69) is 5.32 Å². The van der Waals surface area contributed by atoms with Crippen LogP contribution in [-0.2, 0) is 23.1 Å². The molecule has 2 aromatic rings. The molecule has 0 bridgehead atoms. The van der Waals surface area contributed by atoms with Gasteiger partial charge in [0.05, 0.1) is 18.8 Å². The van der Waals surface area contributed by atoms with Crippen molar-refractivity contribution in [1.29, 1.82) is 0 Å². The molecule has 0 atom stereocenters. The van der Waals surface area contributed by atoms with E-state index in [0.717, 1.165) is 5.69 Å². The van der Waals surface area contributed by atoms with Gasteiger partial charge < -0.3 is 24.4 Å². The SMILES string of the molecule is COCCN(Cc1cccn1C)C(=O)CN(CC(C)C)C(=O)Nc1ccccc1F. The number of aromatic nitrogens is 1. The number of rotatable bonds is 10. The molecule has 30 heavy (non-hydrogen) atoms. The Morgan fingerprint density at radius 1 is 1.17 bits per heavy atom. The molecule has 1 N–H and O–H groups in total. The number of hydrogen-bond donors (Lipinski definition) is 1. The van der Waals surface area contributed by atoms with E-state index in [1.807, 2.05) is 43.8 Å². The quantitative estimate of drug-likeness (QED) is 0.644. The molecule has 7 nitrogen and oxygen atoms in total. The number of hydrogen-bond acceptors (Lipinski definition) is 3. The molecular formula is C22H31FN4O3. The van der Waals surface area contributed by atoms with Crippen molar-refractivity contribution < 1.29 is 18.7 Å². The maximum atomic E-state index is 13.9. The van der Waals surface area contributed by atoms with Gasteiger partial charge in [-0.05, 0) is 30.2 Å². The van der Waals surface area contributed by atoms with Gasteiger partial charge in [-0.1, -0.05) is 26.0 Å². The first-order chi connectivity index (χ1) is 14.3. The zero-order valence-corrected chi connectivity index (χ0v) is 18.1. The number of benzene rings is 1. The zero-order valence-electron chi connectivity index (χ0n) is 18.1. The van der Waals surface area contributed by atoms with Crippen molar-refractivity contribution >= 4 is 17.6 Å². The molecule has 1 heterocycles. The summed E-state index contributed by atoms with van der Waals surface area (Å²) in [6, 6.07) is 9.32. The number of halogens is 1. The summed E-state index contributed by atoms with van der Waals surface area (Å²) in [6.45, 7) is 5.39. The van der Waals surface area contributed by atoms with Crippen LogP contribution in [0.5, 0.6) is 0 Å². The first kappa shape index (κ1) is 23.4. The van der Waals surface area contributed by atoms with Crippen LogP contribution in [0.1, 0.15) is 19.5 Å². The fraction of sp³-hybridized carbons (Fsp3) is 0.455. The van der Waals surface area contributed by atoms with Crippen LogP contribution in [0, 0.1) is 11.7 Å². The van der Waals surface area contributed by atoms with Gasteiger partial charge in [-0.25, -0.2) is 9.18 Å². The highest BCUT2D eigenvalue weighted by atomic mass is 19.1. The maximum Gasteiger partial charge on any atom is 0.322 e. The second kappa shape index (κ2) is 11.3. The third-order valence-electron chi connectivity index (χ3n) is 4.64. The Balaban J connectivity index is 2.13. The Kier molecular flexibility index (Phi) is 8.86. The third-order valence-corrected chi connectivity index (χ3v) is 4.64. The van der Waals surface area contributed by atoms with Crippen LogP contribution in [0.3, 0.4) is 0 Å². The average Bonchev–Trinajstić information content (AvgIpc) is 3.10. The minimum atomic E-state index is -0.521. The maximum absolute atomic E-state index is 13.9. The monoisotopic (exact) mass is 418 g/mol. The van der Waals surface area contributed by atoms with Gasteiger partial charge in [0.25, 0.3) is 0 Å². The molecular weight excluding hydrogens is 387 g/mol. The summed E-state index contributed by atoms with van der Waals surface area (Å²) in [5.41, 5.74) is 1.06. The molecule has 0 radical (unpaired) electrons. The third kappa shape index (κ3) is 6.88. The van der Waals surface area contributed by atoms with Gasteiger partial charge >= 0.3 is 6.03 Å². The van der Waals surface area contributed by atoms with E-state index in [0.29, 0.717) is 26.2 Å². The number of amides is 3. The van der Waals surface area contributed by atoms with E-state index in [1.54, 1.807) is 24.1 Å². The number of methoxy groups -OCH3 is 1. The minimum Gasteiger partial charge on any atom is -0.383 e. The predicted octanol–water partition coefficient (Wildman–Crippen LogP) is 3.33. The lowest BCUT2D eigenvalue weighted by molar-refractivity contribution is -0.133. The van der Waals surface area contributed by atoms with Gasteiger partial charge in [-0.2, -0.15) is 0 Å². The summed E-state index contributed by atoms with van der Waals surface area (Å²) < 4.78 is 21.0. The van der Waals surface area contributed by atoms with E-state index >= 15 is 0 Å². The highest BCUT2D eigenvalue weighted by Crippen LogP contribution is 2.14. The number of anilines is 1. The molecule has 3 amide bonds. The van der Waals surface area contributed by atoms with E-state index in [9.17, 15) is 14.0 Å². The molecule has 1 aromatic heterocycles. The molecule has 0 fully saturated rings. The van der Waals surface area contributed by atoms with Gasteiger partial charge in [-0.3, -0.25) is 4.79 Å². The van der Waals surface area contributed by atoms with Crippen LogP contribution in [0.4, 0.5) is 14.9 Å². The first-order valence-corrected chi connectivity index (χ1v) is 9.99. The molecule has 0 aliphatic carbocycles. The van der Waals surface area contributed by atoms with Crippen LogP contribution in [-0.4, -0.2) is 59.7 Å². The van der Waals surface area contributed by atoms with Crippen LogP contribution in [0.2, 0.25) is 0 Å². The number of carbonyl (C=O) groups excluding carboxylic acids is 2. The van der Waals surface area contributed by atoms with Crippen LogP contribution in [0.25, 0.3) is 0 Å². The number of aryl methyl sites for hydroxylation is 1. The van der Waals surface area contributed by atoms with Crippen LogP contribution >= 0.6 is 0 Å². The van der Waals surface area contributed by atoms with E-state index < -0.39 is 11.8 Å². The highest BCUT2D eigenvalue weighted by Gasteiger charge is 2.23. The fourth-order valence-corrected chi connectivity index (χ4v) is 3.03. The van der Waals surface area contributed by atoms with Crippen molar-refractivity contribution in [3.8, 4) is 0 Å². The second-order valence-corrected chi connectivity index (χ2v) is 7.60. The van der Waals surface area contributed by atoms with Crippen molar-refractivity contribution in [2.45, 2.75) is 20.4 Å². The Hall–Kier alpha value is -2.87. The molecule has 0 spiro atoms. The van der Waals surface area contributed by atoms with Gasteiger partial charge in [0.2, 0.25) is 5.91 Å². The Bertz CT molecular complexity index is 837. The molecule has 164 valence electrons. The highest BCUT2D eigenvalue weighted by molar-refractivity contribution is 5.92. The number of nitrogens with one attached hydrogen (secondary N) is 1. The molecule has 1 aromatic carbocycles. The first-order valence-electron chi connectivity index (χ1n) is 9.99. The topological polar surface area (TPSA) is 66.8 Å². The fourth-order valence-electron chi connectivity index (χ4n) is 3.03. The summed E-state index contributed by atoms with van der Waals surface area (Å²) >= 11 is 0. The molecule has 0 aliphatic heterocycles. The van der Waals surface area contributed by atoms with E-state index in [1.165, 1.54) is 17.0 Å². The smallest absolute Gasteiger partial charge is 0.322 e. The number of urea groups is 1. The Morgan fingerprint density at radius 3 is 2.50 bits per heavy atom. The second-order valence-electron chi connectivity index (χ2n) is 7.60. The van der Waals surface area contributed by atoms with Gasteiger partial charge in [0.15, 0.2) is 0 Å². The standard InChI is InChI=1S/C22H31FN4O3/c1-17(2)14-27(22(29)24-20-10-6-5-9-19(20)23)16-21(28)26(12-13-30-4)15-18-8-7-11-25(18)3/h5-11,17H,12-16H2,1-4H3,(H,24,29). The predicted molar refractivity (Wildman–Crippen MR) is 115 cm³/mol. The lowest BCUT2D eigenvalue weighted by atomic mass is 10.2. The summed E-state index contributed by atoms with van der Waals surface area (Å²) in [5.74, 6) is -0.575. The lowest BCUT2D eigenvalue weighted by Crippen LogP contribution is -2.46. The molecule has 8 heteroatoms. The van der Waals surface area contributed by atoms with Crippen molar-refractivity contribution in [3.05, 3.63) is 54.1 Å². The van der Waals surface area contributed by atoms with Crippen molar-refractivity contribution in [2.75, 3.05) is 38.7 Å². The van der Waals surface area contributed by atoms with Gasteiger partial charge in [0.1, 0.15) is 12.4 Å². The normalized spacial score (nSPS) is 10.9. The van der Waals surface area contributed by atoms with E-state index in [4.69, 9.17) is 4.74 Å². The number of nitrogens with zero attached hydrogens (tertiary/aromatic N) is 3. The molecule has 2 rings (SSSR count). The summed E-state index contributed by atoms with van der Waals surface area (Å²) in [6.07, 6.45) is 1.92. The van der Waals surface area contributed by atoms with Crippen LogP contribution < -0.4 is 5.32 Å². The van der Waals surface area contributed by atoms with E-state index in [-0.39, 0.29) is 24.1 Å². The van der Waals surface area contributed by atoms with Gasteiger partial charge in [-0.15, -0.1) is 0 Å². The number of ether oxygens (including phenoxy) is 1. The molecule has 0 saturated heterocycles. The average molecular weight is 419 g/mol. The molecule has 0 saturated carbocycles. The Morgan fingerprint density at radius 2 is 1.90 bits per heavy atom. The largest absolute Gasteiger partial charge is 0.383 e. The zero-order chi connectivity index (χ0) is 22.1. The van der Waals surface area contributed by atoms with Crippen molar-refractivity contribution in [3.63, 3.8) is 0 Å². The Labute approximate surface area is 177 Å². The molecule has 0 aliphatic rings. The summed E-state index contributed by atoms with van der Waals surface area (Å²) in [4.78, 5) is 28.9. The minimum absolute atomic E-state index is 0.0868. The number of carbonyl (C=O) groups is 2. The van der Waals surface area contributed by atoms with Crippen molar-refractivity contribution in [1.82, 2.24) is 14.4 Å². The summed E-state index contributed by atoms with van der Waals surface area (Å²) in [7, 11) is 3.50. The van der Waals surface area contributed by atoms with Crippen LogP contribution in [0.15, 0.2) is 42.6 Å². The lowest BCUT2D eigenvalue weighted by Gasteiger charge is -2.29. The van der Waals surface area contributed by atoms with Gasteiger partial charge in [0, 0.05) is 39.1 Å². The number of para-hydroxylation sites is 1. The summed E-state index contributed by atoms with van der Waals surface area (Å²) in [5, 5.41) is 2.57.